The first-order valence-corrected chi connectivity index (χ1v) is 6.47. The van der Waals surface area contributed by atoms with Gasteiger partial charge in [-0.3, -0.25) is 4.90 Å². The molecule has 2 rings (SSSR count). The lowest BCUT2D eigenvalue weighted by Crippen LogP contribution is -2.38. The number of hydrogen-bond acceptors (Lipinski definition) is 3. The van der Waals surface area contributed by atoms with Crippen LogP contribution in [0.4, 0.5) is 13.2 Å². The summed E-state index contributed by atoms with van der Waals surface area (Å²) in [6.07, 6.45) is -3.68. The van der Waals surface area contributed by atoms with E-state index >= 15 is 0 Å². The molecule has 0 bridgehead atoms. The molecule has 3 nitrogen and oxygen atoms in total. The third-order valence-electron chi connectivity index (χ3n) is 3.72. The van der Waals surface area contributed by atoms with Gasteiger partial charge in [-0.15, -0.1) is 0 Å². The van der Waals surface area contributed by atoms with E-state index in [-0.39, 0.29) is 12.8 Å². The van der Waals surface area contributed by atoms with Crippen molar-refractivity contribution in [2.45, 2.75) is 39.0 Å². The number of rotatable bonds is 3. The summed E-state index contributed by atoms with van der Waals surface area (Å²) in [7, 11) is 0. The Kier molecular flexibility index (Phi) is 4.20. The Morgan fingerprint density at radius 1 is 1.37 bits per heavy atom. The van der Waals surface area contributed by atoms with Crippen LogP contribution in [0.1, 0.15) is 29.9 Å². The number of halogens is 3. The van der Waals surface area contributed by atoms with Gasteiger partial charge < -0.3 is 10.2 Å². The van der Waals surface area contributed by atoms with Crippen molar-refractivity contribution in [3.8, 4) is 0 Å². The van der Waals surface area contributed by atoms with Crippen molar-refractivity contribution in [1.82, 2.24) is 4.90 Å². The number of nitrogens with zero attached hydrogens (tertiary/aromatic N) is 1. The largest absolute Gasteiger partial charge is 0.465 e. The quantitative estimate of drug-likeness (QED) is 0.923. The number of hydrogen-bond donors (Lipinski definition) is 1. The molecule has 0 aliphatic carbocycles. The van der Waals surface area contributed by atoms with Crippen molar-refractivity contribution in [2.75, 3.05) is 13.1 Å². The van der Waals surface area contributed by atoms with Crippen LogP contribution < -0.4 is 5.73 Å². The van der Waals surface area contributed by atoms with Crippen LogP contribution in [0.15, 0.2) is 10.5 Å². The molecule has 19 heavy (non-hydrogen) atoms. The van der Waals surface area contributed by atoms with Crippen LogP contribution in [0, 0.1) is 12.8 Å². The van der Waals surface area contributed by atoms with E-state index in [1.54, 1.807) is 0 Å². The van der Waals surface area contributed by atoms with Crippen LogP contribution >= 0.6 is 0 Å². The summed E-state index contributed by atoms with van der Waals surface area (Å²) in [6.45, 7) is 3.80. The fourth-order valence-electron chi connectivity index (χ4n) is 2.50. The molecule has 0 unspecified atom stereocenters. The Morgan fingerprint density at radius 2 is 2.00 bits per heavy atom. The van der Waals surface area contributed by atoms with Crippen LogP contribution in [-0.2, 0) is 13.1 Å². The van der Waals surface area contributed by atoms with Crippen molar-refractivity contribution >= 4 is 0 Å². The zero-order valence-electron chi connectivity index (χ0n) is 11.0. The molecule has 1 aliphatic rings. The van der Waals surface area contributed by atoms with Crippen molar-refractivity contribution in [3.05, 3.63) is 23.2 Å². The summed E-state index contributed by atoms with van der Waals surface area (Å²) in [4.78, 5) is 2.04. The van der Waals surface area contributed by atoms with E-state index in [4.69, 9.17) is 10.2 Å². The smallest absolute Gasteiger partial charge is 0.391 e. The van der Waals surface area contributed by atoms with Gasteiger partial charge in [0.25, 0.3) is 0 Å². The van der Waals surface area contributed by atoms with E-state index in [0.29, 0.717) is 26.2 Å². The Balaban J connectivity index is 1.90. The summed E-state index contributed by atoms with van der Waals surface area (Å²) >= 11 is 0. The van der Waals surface area contributed by atoms with Crippen LogP contribution in [0.3, 0.4) is 0 Å². The highest BCUT2D eigenvalue weighted by Crippen LogP contribution is 2.34. The summed E-state index contributed by atoms with van der Waals surface area (Å²) in [5, 5.41) is 0. The number of alkyl halides is 3. The average molecular weight is 276 g/mol. The van der Waals surface area contributed by atoms with Crippen molar-refractivity contribution in [1.29, 1.82) is 0 Å². The maximum absolute atomic E-state index is 12.6. The lowest BCUT2D eigenvalue weighted by molar-refractivity contribution is -0.185. The standard InChI is InChI=1S/C13H19F3N2O/c1-9-10(6-12(7-17)19-9)8-18-4-2-11(3-5-18)13(14,15)16/h6,11H,2-5,7-8,17H2,1H3. The highest BCUT2D eigenvalue weighted by Gasteiger charge is 2.41. The second-order valence-electron chi connectivity index (χ2n) is 5.09. The lowest BCUT2D eigenvalue weighted by atomic mass is 9.96. The fraction of sp³-hybridized carbons (Fsp3) is 0.692. The van der Waals surface area contributed by atoms with E-state index in [1.165, 1.54) is 0 Å². The average Bonchev–Trinajstić information content (AvgIpc) is 2.70. The molecular weight excluding hydrogens is 257 g/mol. The third kappa shape index (κ3) is 3.51. The van der Waals surface area contributed by atoms with Crippen LogP contribution in [0.25, 0.3) is 0 Å². The van der Waals surface area contributed by atoms with E-state index in [0.717, 1.165) is 17.1 Å². The molecule has 0 radical (unpaired) electrons. The Bertz CT molecular complexity index is 420. The molecule has 0 saturated carbocycles. The van der Waals surface area contributed by atoms with E-state index in [1.807, 2.05) is 17.9 Å². The normalized spacial score (nSPS) is 19.0. The number of piperidine rings is 1. The van der Waals surface area contributed by atoms with Gasteiger partial charge in [0.15, 0.2) is 0 Å². The van der Waals surface area contributed by atoms with Crippen LogP contribution in [0.2, 0.25) is 0 Å². The number of likely N-dealkylation sites (tertiary alicyclic amines) is 1. The maximum atomic E-state index is 12.6. The van der Waals surface area contributed by atoms with E-state index in [2.05, 4.69) is 0 Å². The molecule has 2 N–H and O–H groups in total. The third-order valence-corrected chi connectivity index (χ3v) is 3.72. The highest BCUT2D eigenvalue weighted by molar-refractivity contribution is 5.20. The van der Waals surface area contributed by atoms with E-state index in [9.17, 15) is 13.2 Å². The second kappa shape index (κ2) is 5.54. The minimum absolute atomic E-state index is 0.185. The van der Waals surface area contributed by atoms with Gasteiger partial charge in [-0.25, -0.2) is 0 Å². The molecule has 1 aromatic heterocycles. The van der Waals surface area contributed by atoms with Gasteiger partial charge in [-0.1, -0.05) is 0 Å². The molecule has 1 aliphatic heterocycles. The van der Waals surface area contributed by atoms with Gasteiger partial charge in [0.05, 0.1) is 12.5 Å². The van der Waals surface area contributed by atoms with Crippen molar-refractivity contribution in [2.24, 2.45) is 11.7 Å². The summed E-state index contributed by atoms with van der Waals surface area (Å²) in [6, 6.07) is 1.89. The summed E-state index contributed by atoms with van der Waals surface area (Å²) < 4.78 is 43.1. The molecular formula is C13H19F3N2O. The van der Waals surface area contributed by atoms with Gasteiger partial charge in [0, 0.05) is 12.1 Å². The highest BCUT2D eigenvalue weighted by atomic mass is 19.4. The minimum atomic E-state index is -4.05. The van der Waals surface area contributed by atoms with Gasteiger partial charge in [-0.05, 0) is 38.9 Å². The molecule has 6 heteroatoms. The van der Waals surface area contributed by atoms with Crippen LogP contribution in [-0.4, -0.2) is 24.2 Å². The van der Waals surface area contributed by atoms with E-state index < -0.39 is 12.1 Å². The Hall–Kier alpha value is -1.01. The number of aryl methyl sites for hydroxylation is 1. The maximum Gasteiger partial charge on any atom is 0.391 e. The zero-order valence-corrected chi connectivity index (χ0v) is 11.0. The predicted octanol–water partition coefficient (Wildman–Crippen LogP) is 2.82. The first kappa shape index (κ1) is 14.4. The number of nitrogens with two attached hydrogens (primary N) is 1. The molecule has 0 spiro atoms. The van der Waals surface area contributed by atoms with Crippen molar-refractivity contribution < 1.29 is 17.6 Å². The zero-order chi connectivity index (χ0) is 14.0. The first-order chi connectivity index (χ1) is 8.90. The molecule has 0 aromatic carbocycles. The van der Waals surface area contributed by atoms with Gasteiger partial charge >= 0.3 is 6.18 Å². The minimum Gasteiger partial charge on any atom is -0.465 e. The molecule has 1 fully saturated rings. The summed E-state index contributed by atoms with van der Waals surface area (Å²) in [5.41, 5.74) is 6.52. The van der Waals surface area contributed by atoms with Crippen molar-refractivity contribution in [3.63, 3.8) is 0 Å². The predicted molar refractivity (Wildman–Crippen MR) is 65.4 cm³/mol. The molecule has 0 amide bonds. The molecule has 0 atom stereocenters. The van der Waals surface area contributed by atoms with Gasteiger partial charge in [0.1, 0.15) is 11.5 Å². The molecule has 1 aromatic rings. The summed E-state index contributed by atoms with van der Waals surface area (Å²) in [5.74, 6) is 0.380. The van der Waals surface area contributed by atoms with Gasteiger partial charge in [0.2, 0.25) is 0 Å². The SMILES string of the molecule is Cc1oc(CN)cc1CN1CCC(C(F)(F)F)CC1. The number of furan rings is 1. The van der Waals surface area contributed by atoms with Crippen LogP contribution in [0.5, 0.6) is 0 Å². The first-order valence-electron chi connectivity index (χ1n) is 6.47. The fourth-order valence-corrected chi connectivity index (χ4v) is 2.50. The monoisotopic (exact) mass is 276 g/mol. The molecule has 1 saturated heterocycles. The lowest BCUT2D eigenvalue weighted by Gasteiger charge is -2.32. The molecule has 108 valence electrons. The topological polar surface area (TPSA) is 42.4 Å². The molecule has 2 heterocycles. The Labute approximate surface area is 110 Å². The van der Waals surface area contributed by atoms with Gasteiger partial charge in [-0.2, -0.15) is 13.2 Å². The second-order valence-corrected chi connectivity index (χ2v) is 5.09. The Morgan fingerprint density at radius 3 is 2.47 bits per heavy atom.